The highest BCUT2D eigenvalue weighted by Gasteiger charge is 2.19. The fourth-order valence-corrected chi connectivity index (χ4v) is 1.97. The number of halogens is 1. The number of hydrogen-bond acceptors (Lipinski definition) is 4. The number of nitrogens with zero attached hydrogens (tertiary/aromatic N) is 3. The predicted molar refractivity (Wildman–Crippen MR) is 89.8 cm³/mol. The van der Waals surface area contributed by atoms with E-state index < -0.39 is 0 Å². The highest BCUT2D eigenvalue weighted by Crippen LogP contribution is 2.23. The van der Waals surface area contributed by atoms with Crippen molar-refractivity contribution in [3.63, 3.8) is 0 Å². The highest BCUT2D eigenvalue weighted by atomic mass is 35.5. The number of nitrogens with one attached hydrogen (secondary N) is 1. The second-order valence-corrected chi connectivity index (χ2v) is 4.35. The van der Waals surface area contributed by atoms with Crippen LogP contribution in [0.2, 0.25) is 0 Å². The molecule has 116 valence electrons. The first-order valence-corrected chi connectivity index (χ1v) is 6.58. The predicted octanol–water partition coefficient (Wildman–Crippen LogP) is 1.76. The van der Waals surface area contributed by atoms with Crippen LogP contribution in [0.4, 0.5) is 5.69 Å². The largest absolute Gasteiger partial charge is 0.398 e. The van der Waals surface area contributed by atoms with Crippen molar-refractivity contribution in [2.45, 2.75) is 19.9 Å². The van der Waals surface area contributed by atoms with Gasteiger partial charge >= 0.3 is 0 Å². The van der Waals surface area contributed by atoms with E-state index in [0.29, 0.717) is 36.2 Å². The molecule has 0 aliphatic carbocycles. The molecule has 2 aromatic rings. The lowest BCUT2D eigenvalue weighted by atomic mass is 10.2. The van der Waals surface area contributed by atoms with Gasteiger partial charge in [0.2, 0.25) is 0 Å². The zero-order valence-corrected chi connectivity index (χ0v) is 13.1. The molecule has 0 bridgehead atoms. The van der Waals surface area contributed by atoms with Crippen molar-refractivity contribution < 1.29 is 4.79 Å². The van der Waals surface area contributed by atoms with Crippen LogP contribution in [0.5, 0.6) is 0 Å². The summed E-state index contributed by atoms with van der Waals surface area (Å²) in [5, 5.41) is 7.61. The maximum Gasteiger partial charge on any atom is 0.272 e. The smallest absolute Gasteiger partial charge is 0.272 e. The summed E-state index contributed by atoms with van der Waals surface area (Å²) < 4.78 is 1.67. The third-order valence-electron chi connectivity index (χ3n) is 2.91. The van der Waals surface area contributed by atoms with Crippen molar-refractivity contribution in [1.29, 1.82) is 0 Å². The van der Waals surface area contributed by atoms with E-state index in [2.05, 4.69) is 33.8 Å². The molecule has 22 heavy (non-hydrogen) atoms. The summed E-state index contributed by atoms with van der Waals surface area (Å²) in [6, 6.07) is 1.66. The molecular weight excluding hydrogens is 302 g/mol. The molecule has 0 spiro atoms. The van der Waals surface area contributed by atoms with Crippen LogP contribution < -0.4 is 11.1 Å². The molecule has 0 atom stereocenters. The van der Waals surface area contributed by atoms with Crippen molar-refractivity contribution in [3.8, 4) is 11.8 Å². The molecule has 0 saturated carbocycles. The molecule has 0 aliphatic rings. The van der Waals surface area contributed by atoms with Gasteiger partial charge < -0.3 is 11.1 Å². The Balaban J connectivity index is 0.00000242. The lowest BCUT2D eigenvalue weighted by Crippen LogP contribution is -2.24. The zero-order chi connectivity index (χ0) is 15.2. The molecule has 0 saturated heterocycles. The van der Waals surface area contributed by atoms with Gasteiger partial charge in [0.25, 0.3) is 5.91 Å². The van der Waals surface area contributed by atoms with E-state index in [-0.39, 0.29) is 24.0 Å². The number of hydrogen-bond donors (Lipinski definition) is 2. The third-order valence-corrected chi connectivity index (χ3v) is 2.91. The number of carbonyl (C=O) groups excluding carboxylic acids is 1. The van der Waals surface area contributed by atoms with Crippen molar-refractivity contribution in [2.75, 3.05) is 12.3 Å². The Labute approximate surface area is 135 Å². The Morgan fingerprint density at radius 1 is 1.59 bits per heavy atom. The Kier molecular flexibility index (Phi) is 6.42. The van der Waals surface area contributed by atoms with Crippen LogP contribution in [0, 0.1) is 11.8 Å². The number of nitrogen functional groups attached to an aromatic ring is 1. The molecular formula is C15H18ClN5O. The average molecular weight is 320 g/mol. The maximum atomic E-state index is 12.2. The van der Waals surface area contributed by atoms with E-state index in [1.807, 2.05) is 0 Å². The fraction of sp³-hybridized carbons (Fsp3) is 0.267. The molecule has 6 nitrogen and oxygen atoms in total. The van der Waals surface area contributed by atoms with Gasteiger partial charge in [0, 0.05) is 24.8 Å². The number of fused-ring (bicyclic) bond motifs is 1. The lowest BCUT2D eigenvalue weighted by molar-refractivity contribution is 0.0953. The van der Waals surface area contributed by atoms with Crippen molar-refractivity contribution in [1.82, 2.24) is 20.1 Å². The van der Waals surface area contributed by atoms with Crippen molar-refractivity contribution in [2.24, 2.45) is 0 Å². The fourth-order valence-electron chi connectivity index (χ4n) is 1.97. The average Bonchev–Trinajstić information content (AvgIpc) is 2.86. The van der Waals surface area contributed by atoms with Crippen LogP contribution in [0.15, 0.2) is 24.9 Å². The van der Waals surface area contributed by atoms with Gasteiger partial charge in [0.05, 0.1) is 11.9 Å². The van der Waals surface area contributed by atoms with E-state index in [1.165, 1.54) is 0 Å². The van der Waals surface area contributed by atoms with E-state index in [4.69, 9.17) is 5.73 Å². The molecule has 1 amide bonds. The molecule has 0 fully saturated rings. The lowest BCUT2D eigenvalue weighted by Gasteiger charge is -2.00. The van der Waals surface area contributed by atoms with Crippen molar-refractivity contribution >= 4 is 35.0 Å². The summed E-state index contributed by atoms with van der Waals surface area (Å²) in [6.07, 6.45) is 3.85. The number of nitrogens with two attached hydrogens (primary N) is 1. The number of aromatic nitrogens is 3. The van der Waals surface area contributed by atoms with Crippen LogP contribution in [0.25, 0.3) is 11.0 Å². The van der Waals surface area contributed by atoms with Gasteiger partial charge in [0.1, 0.15) is 0 Å². The summed E-state index contributed by atoms with van der Waals surface area (Å²) in [5.74, 6) is 5.50. The molecule has 0 radical (unpaired) electrons. The number of pyridine rings is 1. The number of aryl methyl sites for hydroxylation is 1. The highest BCUT2D eigenvalue weighted by molar-refractivity contribution is 6.08. The summed E-state index contributed by atoms with van der Waals surface area (Å²) in [6.45, 7) is 6.28. The molecule has 2 heterocycles. The van der Waals surface area contributed by atoms with E-state index in [1.54, 1.807) is 29.9 Å². The number of carbonyl (C=O) groups is 1. The second kappa shape index (κ2) is 8.05. The monoisotopic (exact) mass is 319 g/mol. The Morgan fingerprint density at radius 3 is 3.05 bits per heavy atom. The van der Waals surface area contributed by atoms with Crippen molar-refractivity contribution in [3.05, 3.63) is 30.6 Å². The Hall–Kier alpha value is -2.52. The minimum atomic E-state index is -0.292. The Morgan fingerprint density at radius 2 is 2.36 bits per heavy atom. The van der Waals surface area contributed by atoms with Crippen LogP contribution in [0.1, 0.15) is 23.8 Å². The number of rotatable bonds is 5. The van der Waals surface area contributed by atoms with Crippen LogP contribution >= 0.6 is 12.4 Å². The maximum absolute atomic E-state index is 12.2. The SMILES string of the molecule is C=CCNC(=O)c1nn(CCC#CC)c2nccc(N)c12.Cl. The summed E-state index contributed by atoms with van der Waals surface area (Å²) in [5.41, 5.74) is 7.33. The minimum absolute atomic E-state index is 0. The topological polar surface area (TPSA) is 85.8 Å². The normalized spacial score (nSPS) is 9.50. The van der Waals surface area contributed by atoms with E-state index >= 15 is 0 Å². The third kappa shape index (κ3) is 3.57. The van der Waals surface area contributed by atoms with E-state index in [9.17, 15) is 4.79 Å². The van der Waals surface area contributed by atoms with Gasteiger partial charge in [-0.1, -0.05) is 6.08 Å². The van der Waals surface area contributed by atoms with Crippen LogP contribution in [-0.4, -0.2) is 27.2 Å². The molecule has 0 aromatic carbocycles. The van der Waals surface area contributed by atoms with Gasteiger partial charge in [0.15, 0.2) is 11.3 Å². The van der Waals surface area contributed by atoms with Crippen LogP contribution in [-0.2, 0) is 6.54 Å². The number of amides is 1. The van der Waals surface area contributed by atoms with Crippen LogP contribution in [0.3, 0.4) is 0 Å². The summed E-state index contributed by atoms with van der Waals surface area (Å²) >= 11 is 0. The molecule has 3 N–H and O–H groups in total. The standard InChI is InChI=1S/C15H17N5O.ClH/c1-3-5-6-10-20-14-12(11(16)7-9-17-14)13(19-20)15(21)18-8-4-2;/h4,7,9H,2,6,8,10H2,1H3,(H2,16,17)(H,18,21);1H. The zero-order valence-electron chi connectivity index (χ0n) is 12.3. The summed E-state index contributed by atoms with van der Waals surface area (Å²) in [7, 11) is 0. The quantitative estimate of drug-likeness (QED) is 0.649. The van der Waals surface area contributed by atoms with Gasteiger partial charge in [-0.3, -0.25) is 4.79 Å². The molecule has 0 aliphatic heterocycles. The molecule has 7 heteroatoms. The van der Waals surface area contributed by atoms with Gasteiger partial charge in [-0.05, 0) is 13.0 Å². The Bertz CT molecular complexity index is 741. The minimum Gasteiger partial charge on any atom is -0.398 e. The second-order valence-electron chi connectivity index (χ2n) is 4.35. The van der Waals surface area contributed by atoms with E-state index in [0.717, 1.165) is 0 Å². The first-order valence-electron chi connectivity index (χ1n) is 6.58. The summed E-state index contributed by atoms with van der Waals surface area (Å²) in [4.78, 5) is 16.4. The first kappa shape index (κ1) is 17.5. The molecule has 0 unspecified atom stereocenters. The number of anilines is 1. The van der Waals surface area contributed by atoms with Gasteiger partial charge in [-0.25, -0.2) is 9.67 Å². The molecule has 2 rings (SSSR count). The van der Waals surface area contributed by atoms with Gasteiger partial charge in [-0.15, -0.1) is 30.8 Å². The first-order chi connectivity index (χ1) is 10.2. The van der Waals surface area contributed by atoms with Gasteiger partial charge in [-0.2, -0.15) is 5.10 Å². The molecule has 2 aromatic heterocycles.